The molecule has 0 aliphatic carbocycles. The Balaban J connectivity index is 5.71. The van der Waals surface area contributed by atoms with E-state index in [2.05, 4.69) is 107 Å². The van der Waals surface area contributed by atoms with E-state index in [4.69, 9.17) is 0 Å². The first kappa shape index (κ1) is 19.6. The van der Waals surface area contributed by atoms with Gasteiger partial charge in [0, 0.05) is 0 Å². The zero-order valence-electron chi connectivity index (χ0n) is 12.0. The van der Waals surface area contributed by atoms with Crippen LogP contribution in [0.4, 0.5) is 0 Å². The highest BCUT2D eigenvalue weighted by molar-refractivity contribution is 14.4. The Labute approximate surface area is 148 Å². The minimum absolute atomic E-state index is 0.977. The van der Waals surface area contributed by atoms with Gasteiger partial charge in [-0.15, -0.1) is 0 Å². The lowest BCUT2D eigenvalue weighted by Gasteiger charge is -2.50. The van der Waals surface area contributed by atoms with Crippen molar-refractivity contribution >= 4 is 73.1 Å². The monoisotopic (exact) mass is 608 g/mol. The first-order valence-corrected chi connectivity index (χ1v) is 21.3. The van der Waals surface area contributed by atoms with E-state index >= 15 is 0 Å². The van der Waals surface area contributed by atoms with Crippen molar-refractivity contribution in [1.82, 2.24) is 0 Å². The van der Waals surface area contributed by atoms with Crippen molar-refractivity contribution in [2.45, 2.75) is 77.4 Å². The Kier molecular flexibility index (Phi) is 9.42. The van der Waals surface area contributed by atoms with Gasteiger partial charge in [0.2, 0.25) is 0.0813 Å². The summed E-state index contributed by atoms with van der Waals surface area (Å²) in [5, 5.41) is 0. The molecular weight excluding hydrogens is 581 g/mol. The quantitative estimate of drug-likeness (QED) is 0.164. The van der Waals surface area contributed by atoms with Crippen molar-refractivity contribution in [2.24, 2.45) is 0 Å². The molecule has 0 aromatic carbocycles. The van der Waals surface area contributed by atoms with Crippen LogP contribution in [0.5, 0.6) is 0 Å². The van der Waals surface area contributed by atoms with Gasteiger partial charge in [0.05, 0.1) is 7.59 Å². The third-order valence-corrected chi connectivity index (χ3v) is 44.5. The molecule has 0 rings (SSSR count). The maximum Gasteiger partial charge on any atom is 0.242 e. The molecule has 0 fully saturated rings. The van der Waals surface area contributed by atoms with Crippen LogP contribution in [0, 0.1) is 0 Å². The van der Waals surface area contributed by atoms with Crippen molar-refractivity contribution in [3.63, 3.8) is 0 Å². The van der Waals surface area contributed by atoms with Crippen LogP contribution >= 0.6 is 65.4 Å². The lowest BCUT2D eigenvalue weighted by molar-refractivity contribution is 0.709. The summed E-state index contributed by atoms with van der Waals surface area (Å²) in [7, 11) is -1.21. The lowest BCUT2D eigenvalue weighted by atomic mass is 10.3. The number of halogens is 3. The van der Waals surface area contributed by atoms with Gasteiger partial charge in [0.15, 0.2) is 0 Å². The Morgan fingerprint density at radius 2 is 0.941 bits per heavy atom. The molecule has 0 nitrogen and oxygen atoms in total. The van der Waals surface area contributed by atoms with Crippen molar-refractivity contribution in [3.05, 3.63) is 0 Å². The molecule has 104 valence electrons. The maximum atomic E-state index is 2.88. The summed E-state index contributed by atoms with van der Waals surface area (Å²) in [5.74, 6) is 0. The normalized spacial score (nSPS) is 21.7. The fourth-order valence-corrected chi connectivity index (χ4v) is 59.9. The van der Waals surface area contributed by atoms with Crippen LogP contribution in [0.1, 0.15) is 60.8 Å². The third kappa shape index (κ3) is 4.06. The largest absolute Gasteiger partial charge is 0.242 e. The van der Waals surface area contributed by atoms with Crippen molar-refractivity contribution < 1.29 is 0 Å². The van der Waals surface area contributed by atoms with Crippen LogP contribution in [0.15, 0.2) is 0 Å². The van der Waals surface area contributed by atoms with E-state index in [0.29, 0.717) is 0 Å². The van der Waals surface area contributed by atoms with Crippen LogP contribution in [-0.2, 0) is 0 Å². The highest BCUT2D eigenvalue weighted by atomic mass is 127. The van der Waals surface area contributed by atoms with E-state index in [1.165, 1.54) is 19.3 Å². The zero-order chi connectivity index (χ0) is 13.9. The van der Waals surface area contributed by atoms with Gasteiger partial charge in [-0.2, -0.15) is 0 Å². The molecule has 0 bridgehead atoms. The molecule has 0 N–H and O–H groups in total. The molecule has 3 atom stereocenters. The number of hydrogen-bond acceptors (Lipinski definition) is 0. The molecule has 0 aromatic rings. The van der Waals surface area contributed by atoms with Gasteiger partial charge in [-0.05, 0) is 16.6 Å². The molecule has 0 radical (unpaired) electrons. The lowest BCUT2D eigenvalue weighted by Crippen LogP contribution is -2.60. The first-order valence-electron chi connectivity index (χ1n) is 6.76. The first-order chi connectivity index (χ1) is 7.69. The van der Waals surface area contributed by atoms with Crippen LogP contribution in [0.25, 0.3) is 0 Å². The summed E-state index contributed by atoms with van der Waals surface area (Å²) in [6.45, 7) is 14.9. The standard InChI is InChI=1S/C12H27I3Si2/c1-7-10(4)16(11(5)8-2,12(6)9-3)17(13,14)15/h10-12H,7-9H2,1-6H3. The van der Waals surface area contributed by atoms with Gasteiger partial charge in [0.1, 0.15) is 0 Å². The van der Waals surface area contributed by atoms with Gasteiger partial charge in [-0.25, -0.2) is 0 Å². The molecule has 3 unspecified atom stereocenters. The predicted octanol–water partition coefficient (Wildman–Crippen LogP) is 7.16. The van der Waals surface area contributed by atoms with Crippen molar-refractivity contribution in [1.29, 1.82) is 0 Å². The smallest absolute Gasteiger partial charge is 0.0946 e. The number of hydrogen-bond donors (Lipinski definition) is 0. The van der Waals surface area contributed by atoms with Crippen LogP contribution < -0.4 is 0 Å². The van der Waals surface area contributed by atoms with Gasteiger partial charge in [0.25, 0.3) is 0 Å². The molecule has 17 heavy (non-hydrogen) atoms. The van der Waals surface area contributed by atoms with Crippen molar-refractivity contribution in [2.75, 3.05) is 0 Å². The second kappa shape index (κ2) is 8.16. The molecular formula is C12H27I3Si2. The van der Waals surface area contributed by atoms with Gasteiger partial charge in [-0.3, -0.25) is 0 Å². The average molecular weight is 608 g/mol. The molecule has 0 saturated carbocycles. The van der Waals surface area contributed by atoms with Crippen LogP contribution in [0.2, 0.25) is 16.6 Å². The SMILES string of the molecule is CCC(C)[Si](C(C)CC)(C(C)CC)[Si](I)(I)I. The second-order valence-corrected chi connectivity index (χ2v) is 58.3. The van der Waals surface area contributed by atoms with Gasteiger partial charge >= 0.3 is 0 Å². The summed E-state index contributed by atoms with van der Waals surface area (Å²) in [6, 6.07) is 0. The molecule has 0 saturated heterocycles. The van der Waals surface area contributed by atoms with E-state index in [-0.39, 0.29) is 0 Å². The summed E-state index contributed by atoms with van der Waals surface area (Å²) in [5.41, 5.74) is 2.93. The molecule has 0 aromatic heterocycles. The topological polar surface area (TPSA) is 0 Å². The summed E-state index contributed by atoms with van der Waals surface area (Å²) < 4.78 is -1.14. The van der Waals surface area contributed by atoms with Crippen LogP contribution in [-0.4, -0.2) is 7.67 Å². The minimum atomic E-state index is -1.21. The highest BCUT2D eigenvalue weighted by Gasteiger charge is 2.59. The second-order valence-electron chi connectivity index (χ2n) is 5.36. The molecule has 0 spiro atoms. The van der Waals surface area contributed by atoms with Gasteiger partial charge in [-0.1, -0.05) is 126 Å². The highest BCUT2D eigenvalue weighted by Crippen LogP contribution is 2.57. The summed E-state index contributed by atoms with van der Waals surface area (Å²) in [4.78, 5) is 0. The van der Waals surface area contributed by atoms with Crippen LogP contribution in [0.3, 0.4) is 0 Å². The van der Waals surface area contributed by atoms with E-state index in [9.17, 15) is 0 Å². The molecule has 0 amide bonds. The summed E-state index contributed by atoms with van der Waals surface area (Å²) >= 11 is 8.64. The fourth-order valence-electron chi connectivity index (χ4n) is 3.31. The third-order valence-electron chi connectivity index (χ3n) is 4.77. The summed E-state index contributed by atoms with van der Waals surface area (Å²) in [6.07, 6.45) is 4.14. The molecule has 0 heterocycles. The molecule has 0 aliphatic heterocycles. The number of rotatable bonds is 7. The fraction of sp³-hybridized carbons (Fsp3) is 1.00. The average Bonchev–Trinajstić information content (AvgIpc) is 2.26. The zero-order valence-corrected chi connectivity index (χ0v) is 20.5. The van der Waals surface area contributed by atoms with E-state index < -0.39 is 7.67 Å². The molecule has 5 heteroatoms. The molecule has 0 aliphatic rings. The maximum absolute atomic E-state index is 2.88. The predicted molar refractivity (Wildman–Crippen MR) is 113 cm³/mol. The minimum Gasteiger partial charge on any atom is -0.0946 e. The van der Waals surface area contributed by atoms with E-state index in [1.807, 2.05) is 0 Å². The van der Waals surface area contributed by atoms with E-state index in [1.54, 1.807) is 0 Å². The van der Waals surface area contributed by atoms with Gasteiger partial charge < -0.3 is 0 Å². The Morgan fingerprint density at radius 1 is 0.706 bits per heavy atom. The Bertz CT molecular complexity index is 202. The van der Waals surface area contributed by atoms with E-state index in [0.717, 1.165) is 16.6 Å². The van der Waals surface area contributed by atoms with Crippen molar-refractivity contribution in [3.8, 4) is 0 Å². The Morgan fingerprint density at radius 3 is 1.06 bits per heavy atom. The Hall–Kier alpha value is 2.62.